The van der Waals surface area contributed by atoms with Crippen molar-refractivity contribution in [2.75, 3.05) is 19.7 Å². The number of hydrogen-bond donors (Lipinski definition) is 0. The molecule has 0 aromatic carbocycles. The zero-order valence-electron chi connectivity index (χ0n) is 15.5. The smallest absolute Gasteiger partial charge is 0.219 e. The number of pyridine rings is 1. The van der Waals surface area contributed by atoms with E-state index in [4.69, 9.17) is 4.74 Å². The fourth-order valence-corrected chi connectivity index (χ4v) is 3.57. The Balaban J connectivity index is 0.00000243. The van der Waals surface area contributed by atoms with Crippen LogP contribution in [-0.2, 0) is 4.79 Å². The van der Waals surface area contributed by atoms with Crippen LogP contribution in [-0.4, -0.2) is 45.7 Å². The van der Waals surface area contributed by atoms with Gasteiger partial charge in [-0.2, -0.15) is 0 Å². The molecule has 0 radical (unpaired) electrons. The quantitative estimate of drug-likeness (QED) is 0.748. The third-order valence-corrected chi connectivity index (χ3v) is 4.89. The standard InChI is InChI=1S/C19H25N3O3.ClH/c1-4-25-17-6-5-9-22-18(13(2)20-19(17)22)16(24)12-15-7-10-21(11-8-15)14(3)23;/h5-6,9,15H,4,7-8,10-12H2,1-3H3;1H. The fraction of sp³-hybridized carbons (Fsp3) is 0.526. The minimum atomic E-state index is 0. The van der Waals surface area contributed by atoms with Crippen molar-refractivity contribution < 1.29 is 14.3 Å². The highest BCUT2D eigenvalue weighted by Gasteiger charge is 2.26. The normalized spacial score (nSPS) is 15.0. The van der Waals surface area contributed by atoms with E-state index < -0.39 is 0 Å². The van der Waals surface area contributed by atoms with Crippen LogP contribution in [0.15, 0.2) is 18.3 Å². The zero-order valence-corrected chi connectivity index (χ0v) is 16.3. The number of fused-ring (bicyclic) bond motifs is 1. The number of aryl methyl sites for hydroxylation is 1. The van der Waals surface area contributed by atoms with Crippen LogP contribution < -0.4 is 4.74 Å². The van der Waals surface area contributed by atoms with Crippen molar-refractivity contribution in [2.45, 2.75) is 40.0 Å². The van der Waals surface area contributed by atoms with Gasteiger partial charge in [0.1, 0.15) is 5.69 Å². The maximum absolute atomic E-state index is 12.9. The molecule has 6 nitrogen and oxygen atoms in total. The van der Waals surface area contributed by atoms with Crippen LogP contribution in [0.25, 0.3) is 5.65 Å². The first kappa shape index (κ1) is 20.2. The van der Waals surface area contributed by atoms with Gasteiger partial charge < -0.3 is 9.64 Å². The Hall–Kier alpha value is -2.08. The highest BCUT2D eigenvalue weighted by atomic mass is 35.5. The second kappa shape index (κ2) is 8.54. The van der Waals surface area contributed by atoms with Crippen molar-refractivity contribution >= 4 is 29.7 Å². The molecular formula is C19H26ClN3O3. The molecule has 0 saturated carbocycles. The first-order valence-electron chi connectivity index (χ1n) is 8.90. The molecule has 7 heteroatoms. The van der Waals surface area contributed by atoms with Crippen LogP contribution >= 0.6 is 12.4 Å². The summed E-state index contributed by atoms with van der Waals surface area (Å²) in [5, 5.41) is 0. The van der Waals surface area contributed by atoms with Crippen molar-refractivity contribution in [1.29, 1.82) is 0 Å². The number of amides is 1. The molecule has 0 unspecified atom stereocenters. The van der Waals surface area contributed by atoms with Gasteiger partial charge in [0.2, 0.25) is 5.91 Å². The van der Waals surface area contributed by atoms with Gasteiger partial charge in [0, 0.05) is 32.6 Å². The van der Waals surface area contributed by atoms with Gasteiger partial charge in [0.05, 0.1) is 12.3 Å². The van der Waals surface area contributed by atoms with Gasteiger partial charge in [-0.05, 0) is 44.7 Å². The summed E-state index contributed by atoms with van der Waals surface area (Å²) in [5.74, 6) is 1.25. The minimum Gasteiger partial charge on any atom is -0.490 e. The molecule has 1 fully saturated rings. The highest BCUT2D eigenvalue weighted by Crippen LogP contribution is 2.26. The van der Waals surface area contributed by atoms with Crippen LogP contribution in [0.5, 0.6) is 5.75 Å². The van der Waals surface area contributed by atoms with Gasteiger partial charge in [0.25, 0.3) is 0 Å². The Morgan fingerprint density at radius 2 is 2.00 bits per heavy atom. The lowest BCUT2D eigenvalue weighted by atomic mass is 9.90. The Labute approximate surface area is 159 Å². The third-order valence-electron chi connectivity index (χ3n) is 4.89. The van der Waals surface area contributed by atoms with E-state index in [9.17, 15) is 9.59 Å². The molecule has 3 rings (SSSR count). The van der Waals surface area contributed by atoms with Gasteiger partial charge in [-0.1, -0.05) is 0 Å². The predicted molar refractivity (Wildman–Crippen MR) is 102 cm³/mol. The number of ketones is 1. The van der Waals surface area contributed by atoms with Crippen LogP contribution in [0.3, 0.4) is 0 Å². The summed E-state index contributed by atoms with van der Waals surface area (Å²) < 4.78 is 7.46. The summed E-state index contributed by atoms with van der Waals surface area (Å²) in [6.07, 6.45) is 4.12. The van der Waals surface area contributed by atoms with E-state index in [1.165, 1.54) is 0 Å². The monoisotopic (exact) mass is 379 g/mol. The van der Waals surface area contributed by atoms with Crippen LogP contribution in [0, 0.1) is 12.8 Å². The largest absolute Gasteiger partial charge is 0.490 e. The SMILES string of the molecule is CCOc1cccn2c(C(=O)CC3CCN(C(C)=O)CC3)c(C)nc12.Cl. The van der Waals surface area contributed by atoms with Gasteiger partial charge in [0.15, 0.2) is 17.2 Å². The molecule has 1 saturated heterocycles. The van der Waals surface area contributed by atoms with E-state index in [0.717, 1.165) is 31.6 Å². The second-order valence-corrected chi connectivity index (χ2v) is 6.62. The molecule has 0 bridgehead atoms. The number of ether oxygens (including phenoxy) is 1. The van der Waals surface area contributed by atoms with Crippen molar-refractivity contribution in [2.24, 2.45) is 5.92 Å². The number of rotatable bonds is 5. The molecule has 2 aromatic heterocycles. The molecule has 0 spiro atoms. The van der Waals surface area contributed by atoms with Crippen molar-refractivity contribution in [3.8, 4) is 5.75 Å². The number of carbonyl (C=O) groups is 2. The zero-order chi connectivity index (χ0) is 18.0. The first-order valence-corrected chi connectivity index (χ1v) is 8.90. The average Bonchev–Trinajstić information content (AvgIpc) is 2.92. The molecule has 1 amide bonds. The number of halogens is 1. The Morgan fingerprint density at radius 1 is 1.31 bits per heavy atom. The summed E-state index contributed by atoms with van der Waals surface area (Å²) >= 11 is 0. The number of imidazole rings is 1. The summed E-state index contributed by atoms with van der Waals surface area (Å²) in [6.45, 7) is 7.45. The molecule has 0 N–H and O–H groups in total. The van der Waals surface area contributed by atoms with Gasteiger partial charge in [-0.25, -0.2) is 4.98 Å². The van der Waals surface area contributed by atoms with Crippen LogP contribution in [0.2, 0.25) is 0 Å². The number of carbonyl (C=O) groups excluding carboxylic acids is 2. The molecule has 0 aliphatic carbocycles. The lowest BCUT2D eigenvalue weighted by Gasteiger charge is -2.30. The maximum atomic E-state index is 12.9. The second-order valence-electron chi connectivity index (χ2n) is 6.62. The molecule has 3 heterocycles. The lowest BCUT2D eigenvalue weighted by molar-refractivity contribution is -0.130. The van der Waals surface area contributed by atoms with Gasteiger partial charge in [-0.15, -0.1) is 12.4 Å². The molecule has 26 heavy (non-hydrogen) atoms. The highest BCUT2D eigenvalue weighted by molar-refractivity contribution is 5.97. The van der Waals surface area contributed by atoms with Crippen LogP contribution in [0.1, 0.15) is 49.3 Å². The molecular weight excluding hydrogens is 354 g/mol. The van der Waals surface area contributed by atoms with E-state index in [0.29, 0.717) is 36.0 Å². The fourth-order valence-electron chi connectivity index (χ4n) is 3.57. The summed E-state index contributed by atoms with van der Waals surface area (Å²) in [7, 11) is 0. The van der Waals surface area contributed by atoms with E-state index >= 15 is 0 Å². The van der Waals surface area contributed by atoms with Crippen molar-refractivity contribution in [1.82, 2.24) is 14.3 Å². The number of piperidine rings is 1. The number of hydrogen-bond acceptors (Lipinski definition) is 4. The number of likely N-dealkylation sites (tertiary alicyclic amines) is 1. The topological polar surface area (TPSA) is 63.9 Å². The number of nitrogens with zero attached hydrogens (tertiary/aromatic N) is 3. The average molecular weight is 380 g/mol. The van der Waals surface area contributed by atoms with E-state index in [2.05, 4.69) is 4.98 Å². The van der Waals surface area contributed by atoms with Gasteiger partial charge >= 0.3 is 0 Å². The van der Waals surface area contributed by atoms with E-state index in [1.54, 1.807) is 6.92 Å². The molecule has 1 aliphatic heterocycles. The summed E-state index contributed by atoms with van der Waals surface area (Å²) in [6, 6.07) is 3.75. The Kier molecular flexibility index (Phi) is 6.64. The van der Waals surface area contributed by atoms with E-state index in [-0.39, 0.29) is 24.1 Å². The van der Waals surface area contributed by atoms with E-state index in [1.807, 2.05) is 41.5 Å². The summed E-state index contributed by atoms with van der Waals surface area (Å²) in [4.78, 5) is 30.7. The summed E-state index contributed by atoms with van der Waals surface area (Å²) in [5.41, 5.74) is 2.07. The van der Waals surface area contributed by atoms with Gasteiger partial charge in [-0.3, -0.25) is 14.0 Å². The molecule has 0 atom stereocenters. The van der Waals surface area contributed by atoms with Crippen molar-refractivity contribution in [3.63, 3.8) is 0 Å². The molecule has 142 valence electrons. The maximum Gasteiger partial charge on any atom is 0.219 e. The molecule has 2 aromatic rings. The Morgan fingerprint density at radius 3 is 2.62 bits per heavy atom. The molecule has 1 aliphatic rings. The third kappa shape index (κ3) is 4.01. The number of aromatic nitrogens is 2. The predicted octanol–water partition coefficient (Wildman–Crippen LogP) is 3.29. The minimum absolute atomic E-state index is 0. The number of Topliss-reactive ketones (excluding diaryl/α,β-unsaturated/α-hetero) is 1. The first-order chi connectivity index (χ1) is 12.0. The Bertz CT molecular complexity index is 795. The lowest BCUT2D eigenvalue weighted by Crippen LogP contribution is -2.37. The van der Waals surface area contributed by atoms with Crippen LogP contribution in [0.4, 0.5) is 0 Å². The van der Waals surface area contributed by atoms with Crippen molar-refractivity contribution in [3.05, 3.63) is 29.7 Å².